The molecule has 7 nitrogen and oxygen atoms in total. The van der Waals surface area contributed by atoms with Crippen molar-refractivity contribution in [1.29, 1.82) is 0 Å². The first kappa shape index (κ1) is 22.0. The molecule has 0 radical (unpaired) electrons. The van der Waals surface area contributed by atoms with Gasteiger partial charge in [-0.15, -0.1) is 0 Å². The standard InChI is InChI=1S/C26H23NO6/c1-31-19-12-10-18(11-13-19)27-23(17-9-14-20(32-2)21(15-17)33-3)22(25(29)26(27)30)24(28)16-7-5-4-6-8-16/h4-15,23,28H,1-3H3/t23-/m1/s1. The van der Waals surface area contributed by atoms with Crippen LogP contribution in [0.1, 0.15) is 17.2 Å². The van der Waals surface area contributed by atoms with Gasteiger partial charge in [0.2, 0.25) is 0 Å². The van der Waals surface area contributed by atoms with Gasteiger partial charge in [0.05, 0.1) is 32.9 Å². The summed E-state index contributed by atoms with van der Waals surface area (Å²) in [6.45, 7) is 0. The number of rotatable bonds is 6. The predicted molar refractivity (Wildman–Crippen MR) is 124 cm³/mol. The molecule has 0 spiro atoms. The summed E-state index contributed by atoms with van der Waals surface area (Å²) in [5.74, 6) is -0.197. The van der Waals surface area contributed by atoms with Crippen molar-refractivity contribution < 1.29 is 28.9 Å². The zero-order valence-corrected chi connectivity index (χ0v) is 18.4. The summed E-state index contributed by atoms with van der Waals surface area (Å²) in [5.41, 5.74) is 1.51. The highest BCUT2D eigenvalue weighted by Gasteiger charge is 2.47. The second-order valence-electron chi connectivity index (χ2n) is 7.35. The minimum Gasteiger partial charge on any atom is -0.507 e. The highest BCUT2D eigenvalue weighted by atomic mass is 16.5. The van der Waals surface area contributed by atoms with E-state index in [1.54, 1.807) is 79.9 Å². The first-order valence-corrected chi connectivity index (χ1v) is 10.2. The Kier molecular flexibility index (Phi) is 6.04. The number of nitrogens with zero attached hydrogens (tertiary/aromatic N) is 1. The lowest BCUT2D eigenvalue weighted by molar-refractivity contribution is -0.132. The average Bonchev–Trinajstić information content (AvgIpc) is 3.13. The molecule has 0 bridgehead atoms. The number of amides is 1. The van der Waals surface area contributed by atoms with Gasteiger partial charge in [0.15, 0.2) is 11.5 Å². The van der Waals surface area contributed by atoms with E-state index in [2.05, 4.69) is 0 Å². The normalized spacial score (nSPS) is 17.2. The molecule has 33 heavy (non-hydrogen) atoms. The fourth-order valence-electron chi connectivity index (χ4n) is 3.93. The Bertz CT molecular complexity index is 1220. The molecule has 7 heteroatoms. The van der Waals surface area contributed by atoms with Crippen molar-refractivity contribution >= 4 is 23.1 Å². The summed E-state index contributed by atoms with van der Waals surface area (Å²) in [6, 6.07) is 19.7. The predicted octanol–water partition coefficient (Wildman–Crippen LogP) is 4.34. The van der Waals surface area contributed by atoms with Crippen molar-refractivity contribution in [3.05, 3.63) is 89.5 Å². The van der Waals surface area contributed by atoms with E-state index in [0.29, 0.717) is 34.1 Å². The summed E-state index contributed by atoms with van der Waals surface area (Å²) >= 11 is 0. The fraction of sp³-hybridized carbons (Fsp3) is 0.154. The maximum absolute atomic E-state index is 13.2. The number of aliphatic hydroxyl groups excluding tert-OH is 1. The molecule has 1 amide bonds. The maximum atomic E-state index is 13.2. The van der Waals surface area contributed by atoms with Crippen molar-refractivity contribution in [2.75, 3.05) is 26.2 Å². The van der Waals surface area contributed by atoms with E-state index in [1.165, 1.54) is 19.1 Å². The molecule has 3 aromatic carbocycles. The Morgan fingerprint density at radius 1 is 0.818 bits per heavy atom. The van der Waals surface area contributed by atoms with Crippen LogP contribution in [0.5, 0.6) is 17.2 Å². The minimum atomic E-state index is -0.876. The van der Waals surface area contributed by atoms with E-state index in [9.17, 15) is 14.7 Å². The molecule has 0 aromatic heterocycles. The van der Waals surface area contributed by atoms with E-state index < -0.39 is 17.7 Å². The molecule has 1 atom stereocenters. The monoisotopic (exact) mass is 445 g/mol. The van der Waals surface area contributed by atoms with E-state index in [-0.39, 0.29) is 11.3 Å². The zero-order chi connectivity index (χ0) is 23.5. The number of anilines is 1. The second kappa shape index (κ2) is 9.08. The number of hydrogen-bond acceptors (Lipinski definition) is 6. The van der Waals surface area contributed by atoms with Crippen molar-refractivity contribution in [1.82, 2.24) is 0 Å². The largest absolute Gasteiger partial charge is 0.507 e. The molecule has 1 heterocycles. The Hall–Kier alpha value is -4.26. The smallest absolute Gasteiger partial charge is 0.300 e. The molecule has 0 aliphatic carbocycles. The second-order valence-corrected chi connectivity index (χ2v) is 7.35. The van der Waals surface area contributed by atoms with Gasteiger partial charge in [-0.1, -0.05) is 36.4 Å². The van der Waals surface area contributed by atoms with Gasteiger partial charge < -0.3 is 19.3 Å². The van der Waals surface area contributed by atoms with Crippen LogP contribution in [0.15, 0.2) is 78.4 Å². The highest BCUT2D eigenvalue weighted by Crippen LogP contribution is 2.44. The molecule has 1 fully saturated rings. The van der Waals surface area contributed by atoms with Gasteiger partial charge in [-0.05, 0) is 42.0 Å². The molecule has 0 unspecified atom stereocenters. The number of carbonyl (C=O) groups is 2. The third-order valence-electron chi connectivity index (χ3n) is 5.57. The lowest BCUT2D eigenvalue weighted by atomic mass is 9.94. The summed E-state index contributed by atoms with van der Waals surface area (Å²) in [6.07, 6.45) is 0. The van der Waals surface area contributed by atoms with Crippen LogP contribution in [-0.4, -0.2) is 38.1 Å². The number of hydrogen-bond donors (Lipinski definition) is 1. The summed E-state index contributed by atoms with van der Waals surface area (Å²) in [7, 11) is 4.58. The Morgan fingerprint density at radius 2 is 1.48 bits per heavy atom. The molecule has 1 N–H and O–H groups in total. The number of carbonyl (C=O) groups excluding carboxylic acids is 2. The van der Waals surface area contributed by atoms with Crippen LogP contribution in [0, 0.1) is 0 Å². The van der Waals surface area contributed by atoms with Crippen LogP contribution < -0.4 is 19.1 Å². The first-order chi connectivity index (χ1) is 16.0. The van der Waals surface area contributed by atoms with Crippen LogP contribution in [0.4, 0.5) is 5.69 Å². The number of methoxy groups -OCH3 is 3. The number of aliphatic hydroxyl groups is 1. The molecule has 1 saturated heterocycles. The maximum Gasteiger partial charge on any atom is 0.300 e. The van der Waals surface area contributed by atoms with Gasteiger partial charge in [0.25, 0.3) is 11.7 Å². The summed E-state index contributed by atoms with van der Waals surface area (Å²) in [5, 5.41) is 11.1. The van der Waals surface area contributed by atoms with Crippen molar-refractivity contribution in [2.24, 2.45) is 0 Å². The Balaban J connectivity index is 1.94. The van der Waals surface area contributed by atoms with E-state index in [1.807, 2.05) is 0 Å². The molecule has 1 aliphatic rings. The first-order valence-electron chi connectivity index (χ1n) is 10.2. The topological polar surface area (TPSA) is 85.3 Å². The third-order valence-corrected chi connectivity index (χ3v) is 5.57. The molecule has 4 rings (SSSR count). The van der Waals surface area contributed by atoms with Gasteiger partial charge in [-0.25, -0.2) is 0 Å². The van der Waals surface area contributed by atoms with Crippen molar-refractivity contribution in [2.45, 2.75) is 6.04 Å². The van der Waals surface area contributed by atoms with Crippen LogP contribution >= 0.6 is 0 Å². The van der Waals surface area contributed by atoms with E-state index in [4.69, 9.17) is 14.2 Å². The van der Waals surface area contributed by atoms with Gasteiger partial charge in [-0.3, -0.25) is 14.5 Å². The Morgan fingerprint density at radius 3 is 2.09 bits per heavy atom. The van der Waals surface area contributed by atoms with Crippen molar-refractivity contribution in [3.8, 4) is 17.2 Å². The van der Waals surface area contributed by atoms with Crippen LogP contribution in [0.25, 0.3) is 5.76 Å². The SMILES string of the molecule is COc1ccc(N2C(=O)C(=O)C(=C(O)c3ccccc3)[C@H]2c2ccc(OC)c(OC)c2)cc1. The lowest BCUT2D eigenvalue weighted by Crippen LogP contribution is -2.29. The zero-order valence-electron chi connectivity index (χ0n) is 18.4. The third kappa shape index (κ3) is 3.89. The van der Waals surface area contributed by atoms with Crippen LogP contribution in [0.3, 0.4) is 0 Å². The average molecular weight is 445 g/mol. The summed E-state index contributed by atoms with van der Waals surface area (Å²) < 4.78 is 16.0. The molecule has 3 aromatic rings. The van der Waals surface area contributed by atoms with E-state index >= 15 is 0 Å². The molecular formula is C26H23NO6. The number of ether oxygens (including phenoxy) is 3. The number of Topliss-reactive ketones (excluding diaryl/α,β-unsaturated/α-hetero) is 1. The lowest BCUT2D eigenvalue weighted by Gasteiger charge is -2.26. The van der Waals surface area contributed by atoms with E-state index in [0.717, 1.165) is 0 Å². The minimum absolute atomic E-state index is 0.00534. The van der Waals surface area contributed by atoms with Crippen LogP contribution in [-0.2, 0) is 9.59 Å². The number of benzene rings is 3. The highest BCUT2D eigenvalue weighted by molar-refractivity contribution is 6.51. The Labute approximate surface area is 191 Å². The number of ketones is 1. The van der Waals surface area contributed by atoms with Crippen molar-refractivity contribution in [3.63, 3.8) is 0 Å². The van der Waals surface area contributed by atoms with Gasteiger partial charge in [-0.2, -0.15) is 0 Å². The molecular weight excluding hydrogens is 422 g/mol. The van der Waals surface area contributed by atoms with Gasteiger partial charge >= 0.3 is 0 Å². The van der Waals surface area contributed by atoms with Gasteiger partial charge in [0, 0.05) is 11.3 Å². The fourth-order valence-corrected chi connectivity index (χ4v) is 3.93. The van der Waals surface area contributed by atoms with Gasteiger partial charge in [0.1, 0.15) is 11.5 Å². The van der Waals surface area contributed by atoms with Crippen LogP contribution in [0.2, 0.25) is 0 Å². The summed E-state index contributed by atoms with van der Waals surface area (Å²) in [4.78, 5) is 27.8. The quantitative estimate of drug-likeness (QED) is 0.345. The molecule has 168 valence electrons. The molecule has 0 saturated carbocycles. The molecule has 1 aliphatic heterocycles.